The second kappa shape index (κ2) is 8.81. The molecule has 142 valence electrons. The van der Waals surface area contributed by atoms with Crippen LogP contribution in [0, 0.1) is 6.92 Å². The molecule has 2 N–H and O–H groups in total. The van der Waals surface area contributed by atoms with Crippen molar-refractivity contribution in [1.82, 2.24) is 10.3 Å². The molecule has 0 aliphatic heterocycles. The zero-order valence-electron chi connectivity index (χ0n) is 15.7. The molecule has 6 heteroatoms. The molecule has 1 heterocycles. The van der Waals surface area contributed by atoms with Crippen LogP contribution in [0.4, 0.5) is 5.69 Å². The molecule has 0 saturated heterocycles. The summed E-state index contributed by atoms with van der Waals surface area (Å²) in [5.41, 5.74) is 2.91. The molecule has 2 aromatic carbocycles. The molecule has 3 aromatic rings. The first-order chi connectivity index (χ1) is 13.6. The Balaban J connectivity index is 1.68. The van der Waals surface area contributed by atoms with Crippen molar-refractivity contribution in [3.05, 3.63) is 89.2 Å². The molecule has 2 amide bonds. The second-order valence-electron chi connectivity index (χ2n) is 6.23. The largest absolute Gasteiger partial charge is 0.496 e. The van der Waals surface area contributed by atoms with Crippen molar-refractivity contribution in [2.24, 2.45) is 0 Å². The quantitative estimate of drug-likeness (QED) is 0.690. The molecular weight excluding hydrogens is 354 g/mol. The van der Waals surface area contributed by atoms with Crippen LogP contribution in [0.1, 0.15) is 32.1 Å². The predicted molar refractivity (Wildman–Crippen MR) is 108 cm³/mol. The van der Waals surface area contributed by atoms with Crippen LogP contribution >= 0.6 is 0 Å². The lowest BCUT2D eigenvalue weighted by molar-refractivity contribution is 0.0945. The van der Waals surface area contributed by atoms with Gasteiger partial charge < -0.3 is 15.4 Å². The highest BCUT2D eigenvalue weighted by Crippen LogP contribution is 2.17. The van der Waals surface area contributed by atoms with Crippen molar-refractivity contribution in [1.29, 1.82) is 0 Å². The number of aryl methyl sites for hydroxylation is 1. The maximum Gasteiger partial charge on any atom is 0.274 e. The fourth-order valence-electron chi connectivity index (χ4n) is 2.72. The molecule has 0 fully saturated rings. The number of hydrogen-bond acceptors (Lipinski definition) is 4. The van der Waals surface area contributed by atoms with Gasteiger partial charge in [-0.3, -0.25) is 9.59 Å². The van der Waals surface area contributed by atoms with E-state index < -0.39 is 0 Å². The topological polar surface area (TPSA) is 80.3 Å². The third-order valence-electron chi connectivity index (χ3n) is 4.12. The zero-order chi connectivity index (χ0) is 19.9. The van der Waals surface area contributed by atoms with Crippen LogP contribution < -0.4 is 15.4 Å². The molecule has 6 nitrogen and oxygen atoms in total. The number of benzene rings is 2. The van der Waals surface area contributed by atoms with Gasteiger partial charge in [-0.15, -0.1) is 0 Å². The van der Waals surface area contributed by atoms with Gasteiger partial charge in [-0.1, -0.05) is 36.4 Å². The summed E-state index contributed by atoms with van der Waals surface area (Å²) in [5.74, 6) is -0.0388. The van der Waals surface area contributed by atoms with Gasteiger partial charge in [-0.2, -0.15) is 0 Å². The van der Waals surface area contributed by atoms with E-state index in [-0.39, 0.29) is 23.2 Å². The molecule has 0 radical (unpaired) electrons. The molecule has 0 saturated carbocycles. The van der Waals surface area contributed by atoms with Gasteiger partial charge in [0.15, 0.2) is 0 Å². The number of carbonyl (C=O) groups is 2. The summed E-state index contributed by atoms with van der Waals surface area (Å²) in [6, 6.07) is 19.7. The van der Waals surface area contributed by atoms with Gasteiger partial charge in [0.25, 0.3) is 11.8 Å². The number of nitrogens with zero attached hydrogens (tertiary/aromatic N) is 1. The smallest absolute Gasteiger partial charge is 0.274 e. The number of pyridine rings is 1. The fourth-order valence-corrected chi connectivity index (χ4v) is 2.72. The standard InChI is InChI=1S/C22H21N3O3/c1-15-7-5-9-17(13-15)24-22(27)19-11-6-10-18(25-19)21(26)23-14-16-8-3-4-12-20(16)28-2/h3-13H,14H2,1-2H3,(H,23,26)(H,24,27). The number of rotatable bonds is 6. The Morgan fingerprint density at radius 1 is 0.929 bits per heavy atom. The Morgan fingerprint density at radius 3 is 2.39 bits per heavy atom. The van der Waals surface area contributed by atoms with Crippen molar-refractivity contribution < 1.29 is 14.3 Å². The summed E-state index contributed by atoms with van der Waals surface area (Å²) >= 11 is 0. The van der Waals surface area contributed by atoms with E-state index in [2.05, 4.69) is 15.6 Å². The molecule has 0 aliphatic rings. The van der Waals surface area contributed by atoms with E-state index in [0.29, 0.717) is 18.0 Å². The van der Waals surface area contributed by atoms with E-state index >= 15 is 0 Å². The third kappa shape index (κ3) is 4.73. The number of aromatic nitrogens is 1. The van der Waals surface area contributed by atoms with E-state index in [1.807, 2.05) is 49.4 Å². The normalized spacial score (nSPS) is 10.2. The Labute approximate surface area is 163 Å². The maximum absolute atomic E-state index is 12.4. The van der Waals surface area contributed by atoms with E-state index in [9.17, 15) is 9.59 Å². The molecule has 3 rings (SSSR count). The SMILES string of the molecule is COc1ccccc1CNC(=O)c1cccc(C(=O)Nc2cccc(C)c2)n1. The summed E-state index contributed by atoms with van der Waals surface area (Å²) in [6.07, 6.45) is 0. The Kier molecular flexibility index (Phi) is 6.01. The Hall–Kier alpha value is -3.67. The first-order valence-corrected chi connectivity index (χ1v) is 8.82. The second-order valence-corrected chi connectivity index (χ2v) is 6.23. The number of para-hydroxylation sites is 1. The number of hydrogen-bond donors (Lipinski definition) is 2. The van der Waals surface area contributed by atoms with E-state index in [1.54, 1.807) is 31.4 Å². The van der Waals surface area contributed by atoms with Crippen molar-refractivity contribution in [2.45, 2.75) is 13.5 Å². The molecule has 28 heavy (non-hydrogen) atoms. The minimum Gasteiger partial charge on any atom is -0.496 e. The highest BCUT2D eigenvalue weighted by Gasteiger charge is 2.13. The lowest BCUT2D eigenvalue weighted by atomic mass is 10.2. The van der Waals surface area contributed by atoms with Gasteiger partial charge in [-0.25, -0.2) is 4.98 Å². The molecule has 0 bridgehead atoms. The highest BCUT2D eigenvalue weighted by molar-refractivity contribution is 6.03. The summed E-state index contributed by atoms with van der Waals surface area (Å²) in [5, 5.41) is 5.59. The summed E-state index contributed by atoms with van der Waals surface area (Å²) in [4.78, 5) is 29.1. The van der Waals surface area contributed by atoms with Crippen LogP contribution in [-0.2, 0) is 6.54 Å². The molecular formula is C22H21N3O3. The third-order valence-corrected chi connectivity index (χ3v) is 4.12. The van der Waals surface area contributed by atoms with Crippen molar-refractivity contribution in [3.8, 4) is 5.75 Å². The molecule has 1 aromatic heterocycles. The molecule has 0 aliphatic carbocycles. The molecule has 0 unspecified atom stereocenters. The van der Waals surface area contributed by atoms with Gasteiger partial charge in [-0.05, 0) is 42.8 Å². The Morgan fingerprint density at radius 2 is 1.64 bits per heavy atom. The van der Waals surface area contributed by atoms with E-state index in [1.165, 1.54) is 0 Å². The number of anilines is 1. The lowest BCUT2D eigenvalue weighted by Gasteiger charge is -2.10. The van der Waals surface area contributed by atoms with Crippen LogP contribution in [0.3, 0.4) is 0 Å². The van der Waals surface area contributed by atoms with Crippen LogP contribution in [0.25, 0.3) is 0 Å². The minimum absolute atomic E-state index is 0.173. The average Bonchev–Trinajstić information content (AvgIpc) is 2.72. The monoisotopic (exact) mass is 375 g/mol. The van der Waals surface area contributed by atoms with Crippen molar-refractivity contribution >= 4 is 17.5 Å². The predicted octanol–water partition coefficient (Wildman–Crippen LogP) is 3.58. The Bertz CT molecular complexity index is 1000. The number of amides is 2. The summed E-state index contributed by atoms with van der Waals surface area (Å²) < 4.78 is 5.28. The number of nitrogens with one attached hydrogen (secondary N) is 2. The van der Waals surface area contributed by atoms with Crippen LogP contribution in [0.15, 0.2) is 66.7 Å². The summed E-state index contributed by atoms with van der Waals surface area (Å²) in [6.45, 7) is 2.24. The fraction of sp³-hybridized carbons (Fsp3) is 0.136. The van der Waals surface area contributed by atoms with Crippen LogP contribution in [0.5, 0.6) is 5.75 Å². The van der Waals surface area contributed by atoms with E-state index in [0.717, 1.165) is 11.1 Å². The zero-order valence-corrected chi connectivity index (χ0v) is 15.7. The first kappa shape index (κ1) is 19.1. The average molecular weight is 375 g/mol. The van der Waals surface area contributed by atoms with Gasteiger partial charge in [0.05, 0.1) is 7.11 Å². The summed E-state index contributed by atoms with van der Waals surface area (Å²) in [7, 11) is 1.58. The minimum atomic E-state index is -0.370. The van der Waals surface area contributed by atoms with Crippen LogP contribution in [0.2, 0.25) is 0 Å². The molecule has 0 atom stereocenters. The number of methoxy groups -OCH3 is 1. The number of ether oxygens (including phenoxy) is 1. The molecule has 0 spiro atoms. The maximum atomic E-state index is 12.4. The van der Waals surface area contributed by atoms with Gasteiger partial charge in [0.2, 0.25) is 0 Å². The van der Waals surface area contributed by atoms with Gasteiger partial charge in [0, 0.05) is 17.8 Å². The lowest BCUT2D eigenvalue weighted by Crippen LogP contribution is -2.25. The first-order valence-electron chi connectivity index (χ1n) is 8.82. The van der Waals surface area contributed by atoms with E-state index in [4.69, 9.17) is 4.74 Å². The van der Waals surface area contributed by atoms with Crippen molar-refractivity contribution in [2.75, 3.05) is 12.4 Å². The highest BCUT2D eigenvalue weighted by atomic mass is 16.5. The number of carbonyl (C=O) groups excluding carboxylic acids is 2. The van der Waals surface area contributed by atoms with Gasteiger partial charge >= 0.3 is 0 Å². The van der Waals surface area contributed by atoms with Crippen LogP contribution in [-0.4, -0.2) is 23.9 Å². The van der Waals surface area contributed by atoms with Gasteiger partial charge in [0.1, 0.15) is 17.1 Å². The van der Waals surface area contributed by atoms with Crippen molar-refractivity contribution in [3.63, 3.8) is 0 Å².